The van der Waals surface area contributed by atoms with Crippen molar-refractivity contribution in [3.63, 3.8) is 0 Å². The number of terminal acetylenes is 1. The number of benzene rings is 1. The maximum absolute atomic E-state index is 13.6. The van der Waals surface area contributed by atoms with E-state index in [-0.39, 0.29) is 30.4 Å². The van der Waals surface area contributed by atoms with Gasteiger partial charge in [0.05, 0.1) is 30.6 Å². The highest BCUT2D eigenvalue weighted by atomic mass is 32.2. The molecule has 0 aliphatic carbocycles. The molecule has 0 atom stereocenters. The summed E-state index contributed by atoms with van der Waals surface area (Å²) < 4.78 is 50.5. The summed E-state index contributed by atoms with van der Waals surface area (Å²) in [6.45, 7) is 4.64. The lowest BCUT2D eigenvalue weighted by molar-refractivity contribution is -0.137. The highest BCUT2D eigenvalue weighted by Crippen LogP contribution is 2.36. The topological polar surface area (TPSA) is 97.1 Å². The molecule has 35 heavy (non-hydrogen) atoms. The molecule has 0 saturated heterocycles. The second-order valence-corrected chi connectivity index (χ2v) is 9.06. The van der Waals surface area contributed by atoms with Crippen molar-refractivity contribution in [1.82, 2.24) is 24.5 Å². The average Bonchev–Trinajstić information content (AvgIpc) is 3.23. The summed E-state index contributed by atoms with van der Waals surface area (Å²) in [5.41, 5.74) is -1.59. The number of hydrogen-bond donors (Lipinski definition) is 3. The van der Waals surface area contributed by atoms with E-state index in [1.54, 1.807) is 26.0 Å². The van der Waals surface area contributed by atoms with Crippen molar-refractivity contribution in [3.8, 4) is 23.6 Å². The molecule has 186 valence electrons. The first-order chi connectivity index (χ1) is 16.5. The van der Waals surface area contributed by atoms with Crippen LogP contribution in [0, 0.1) is 12.3 Å². The fourth-order valence-electron chi connectivity index (χ4n) is 2.95. The largest absolute Gasteiger partial charge is 0.419 e. The molecule has 2 aromatic heterocycles. The predicted molar refractivity (Wildman–Crippen MR) is 128 cm³/mol. The molecule has 0 fully saturated rings. The Labute approximate surface area is 205 Å². The Morgan fingerprint density at radius 3 is 2.60 bits per heavy atom. The zero-order chi connectivity index (χ0) is 25.5. The van der Waals surface area contributed by atoms with Crippen LogP contribution < -0.4 is 10.0 Å². The van der Waals surface area contributed by atoms with E-state index in [2.05, 4.69) is 31.0 Å². The summed E-state index contributed by atoms with van der Waals surface area (Å²) in [6, 6.07) is 7.21. The zero-order valence-electron chi connectivity index (χ0n) is 19.1. The van der Waals surface area contributed by atoms with E-state index < -0.39 is 17.3 Å². The molecule has 0 aliphatic heterocycles. The lowest BCUT2D eigenvalue weighted by Crippen LogP contribution is -2.26. The van der Waals surface area contributed by atoms with Crippen LogP contribution in [-0.4, -0.2) is 50.2 Å². The van der Waals surface area contributed by atoms with Crippen LogP contribution >= 0.6 is 11.9 Å². The van der Waals surface area contributed by atoms with Crippen LogP contribution in [0.2, 0.25) is 0 Å². The molecule has 1 aromatic carbocycles. The lowest BCUT2D eigenvalue weighted by atomic mass is 10.1. The van der Waals surface area contributed by atoms with Gasteiger partial charge in [-0.15, -0.1) is 6.42 Å². The summed E-state index contributed by atoms with van der Waals surface area (Å²) in [6.07, 6.45) is 3.90. The van der Waals surface area contributed by atoms with Gasteiger partial charge in [0.25, 0.3) is 0 Å². The van der Waals surface area contributed by atoms with E-state index in [9.17, 15) is 18.3 Å². The predicted octanol–water partition coefficient (Wildman–Crippen LogP) is 4.12. The van der Waals surface area contributed by atoms with Gasteiger partial charge >= 0.3 is 6.18 Å². The molecule has 0 spiro atoms. The molecule has 0 amide bonds. The Kier molecular flexibility index (Phi) is 8.74. The quantitative estimate of drug-likeness (QED) is 0.203. The van der Waals surface area contributed by atoms with Gasteiger partial charge in [-0.2, -0.15) is 18.3 Å². The van der Waals surface area contributed by atoms with Crippen LogP contribution in [0.25, 0.3) is 11.3 Å². The number of halogens is 3. The third-order valence-corrected chi connectivity index (χ3v) is 5.24. The smallest absolute Gasteiger partial charge is 0.389 e. The molecular weight excluding hydrogens is 481 g/mol. The minimum atomic E-state index is -4.65. The first-order valence-electron chi connectivity index (χ1n) is 10.5. The Morgan fingerprint density at radius 1 is 1.20 bits per heavy atom. The van der Waals surface area contributed by atoms with E-state index in [0.717, 1.165) is 11.1 Å². The van der Waals surface area contributed by atoms with Crippen LogP contribution in [0.4, 0.5) is 24.8 Å². The fourth-order valence-corrected chi connectivity index (χ4v) is 3.58. The molecule has 0 bridgehead atoms. The number of alkyl halides is 3. The van der Waals surface area contributed by atoms with Crippen LogP contribution in [0.1, 0.15) is 19.4 Å². The summed E-state index contributed by atoms with van der Waals surface area (Å²) >= 11 is 1.41. The minimum Gasteiger partial charge on any atom is -0.389 e. The van der Waals surface area contributed by atoms with Gasteiger partial charge in [-0.1, -0.05) is 5.92 Å². The molecule has 2 heterocycles. The van der Waals surface area contributed by atoms with Crippen molar-refractivity contribution in [2.75, 3.05) is 25.1 Å². The molecule has 0 radical (unpaired) electrons. The molecule has 3 rings (SSSR count). The van der Waals surface area contributed by atoms with Crippen molar-refractivity contribution in [2.45, 2.75) is 37.1 Å². The van der Waals surface area contributed by atoms with Gasteiger partial charge in [-0.05, 0) is 50.1 Å². The fraction of sp³-hybridized carbons (Fsp3) is 0.348. The number of aromatic nitrogens is 4. The first-order valence-corrected chi connectivity index (χ1v) is 11.3. The maximum atomic E-state index is 13.6. The van der Waals surface area contributed by atoms with E-state index in [0.29, 0.717) is 18.8 Å². The summed E-state index contributed by atoms with van der Waals surface area (Å²) in [7, 11) is 0. The highest BCUT2D eigenvalue weighted by molar-refractivity contribution is 7.97. The highest BCUT2D eigenvalue weighted by Gasteiger charge is 2.36. The lowest BCUT2D eigenvalue weighted by Gasteiger charge is -2.16. The van der Waals surface area contributed by atoms with E-state index in [4.69, 9.17) is 11.2 Å². The van der Waals surface area contributed by atoms with Gasteiger partial charge in [0.1, 0.15) is 12.2 Å². The van der Waals surface area contributed by atoms with E-state index >= 15 is 0 Å². The molecule has 0 saturated carbocycles. The molecule has 3 aromatic rings. The number of aliphatic hydroxyl groups is 1. The zero-order valence-corrected chi connectivity index (χ0v) is 20.0. The van der Waals surface area contributed by atoms with Gasteiger partial charge in [-0.25, -0.2) is 9.97 Å². The van der Waals surface area contributed by atoms with Crippen molar-refractivity contribution < 1.29 is 23.0 Å². The van der Waals surface area contributed by atoms with Crippen molar-refractivity contribution in [2.24, 2.45) is 0 Å². The monoisotopic (exact) mass is 506 g/mol. The summed E-state index contributed by atoms with van der Waals surface area (Å²) in [4.78, 5) is 8.90. The second kappa shape index (κ2) is 11.5. The maximum Gasteiger partial charge on any atom is 0.419 e. The van der Waals surface area contributed by atoms with E-state index in [1.807, 2.05) is 12.1 Å². The van der Waals surface area contributed by atoms with Crippen molar-refractivity contribution in [1.29, 1.82) is 0 Å². The molecule has 0 unspecified atom stereocenters. The van der Waals surface area contributed by atoms with Gasteiger partial charge < -0.3 is 15.2 Å². The molecule has 0 aliphatic rings. The minimum absolute atomic E-state index is 0.00688. The molecule has 3 N–H and O–H groups in total. The van der Waals surface area contributed by atoms with Crippen molar-refractivity contribution in [3.05, 3.63) is 48.4 Å². The van der Waals surface area contributed by atoms with Crippen molar-refractivity contribution >= 4 is 23.6 Å². The molecular formula is C23H25F3N6O2S. The Bertz CT molecular complexity index is 1150. The van der Waals surface area contributed by atoms with Gasteiger partial charge in [0.2, 0.25) is 5.95 Å². The Hall–Kier alpha value is -3.11. The molecule has 8 nitrogen and oxygen atoms in total. The summed E-state index contributed by atoms with van der Waals surface area (Å²) in [5.74, 6) is 2.40. The number of nitrogens with zero attached hydrogens (tertiary/aromatic N) is 4. The first kappa shape index (κ1) is 26.5. The molecule has 12 heteroatoms. The number of rotatable bonds is 11. The standard InChI is InChI=1S/C23H25F3N6O2S/c1-4-10-34-11-9-29-35-18-7-5-17(6-8-18)30-21-27-13-19(23(24,25)26)20(31-21)16-12-28-32(14-16)15-22(2,3)33/h1,5-8,12-14,29,33H,9-11,15H2,2-3H3,(H,27,30,31). The third-order valence-electron chi connectivity index (χ3n) is 4.38. The third kappa shape index (κ3) is 8.25. The van der Waals surface area contributed by atoms with E-state index in [1.165, 1.54) is 29.0 Å². The Balaban J connectivity index is 1.72. The average molecular weight is 507 g/mol. The Morgan fingerprint density at radius 2 is 1.94 bits per heavy atom. The van der Waals surface area contributed by atoms with Gasteiger partial charge in [0.15, 0.2) is 0 Å². The normalized spacial score (nSPS) is 11.9. The van der Waals surface area contributed by atoms with Gasteiger partial charge in [-0.3, -0.25) is 9.40 Å². The van der Waals surface area contributed by atoms with Crippen LogP contribution in [-0.2, 0) is 17.5 Å². The van der Waals surface area contributed by atoms with Gasteiger partial charge in [0, 0.05) is 35.1 Å². The van der Waals surface area contributed by atoms with Crippen LogP contribution in [0.15, 0.2) is 47.8 Å². The SMILES string of the molecule is C#CCOCCNSc1ccc(Nc2ncc(C(F)(F)F)c(-c3cnn(CC(C)(C)O)c3)n2)cc1. The number of hydrogen-bond acceptors (Lipinski definition) is 8. The summed E-state index contributed by atoms with van der Waals surface area (Å²) in [5, 5.41) is 16.9. The second-order valence-electron chi connectivity index (χ2n) is 8.10. The van der Waals surface area contributed by atoms with Crippen LogP contribution in [0.5, 0.6) is 0 Å². The number of anilines is 2. The number of nitrogens with one attached hydrogen (secondary N) is 2. The van der Waals surface area contributed by atoms with Crippen LogP contribution in [0.3, 0.4) is 0 Å². The number of ether oxygens (including phenoxy) is 1.